The lowest BCUT2D eigenvalue weighted by atomic mass is 10.0. The molecule has 1 fully saturated rings. The summed E-state index contributed by atoms with van der Waals surface area (Å²) in [5, 5.41) is 1.62. The minimum atomic E-state index is 0.663. The van der Waals surface area contributed by atoms with Gasteiger partial charge in [0.05, 0.1) is 15.6 Å². The smallest absolute Gasteiger partial charge is 0.159 e. The second-order valence-electron chi connectivity index (χ2n) is 7.48. The monoisotopic (exact) mass is 449 g/mol. The maximum atomic E-state index is 6.63. The average Bonchev–Trinajstić information content (AvgIpc) is 3.08. The molecule has 3 heterocycles. The molecule has 0 atom stereocenters. The van der Waals surface area contributed by atoms with Crippen LogP contribution < -0.4 is 5.73 Å². The molecule has 0 spiro atoms. The van der Waals surface area contributed by atoms with Crippen LogP contribution in [0, 0.1) is 0 Å². The fourth-order valence-corrected chi connectivity index (χ4v) is 6.10. The lowest BCUT2D eigenvalue weighted by Crippen LogP contribution is -2.12. The number of nitrogens with two attached hydrogens (primary N) is 1. The van der Waals surface area contributed by atoms with Crippen LogP contribution in [-0.2, 0) is 0 Å². The molecule has 7 heteroatoms. The lowest BCUT2D eigenvalue weighted by molar-refractivity contribution is 0.522. The second kappa shape index (κ2) is 10.2. The average molecular weight is 450 g/mol. The third-order valence-corrected chi connectivity index (χ3v) is 7.94. The molecule has 160 valence electrons. The van der Waals surface area contributed by atoms with E-state index in [1.54, 1.807) is 23.7 Å². The number of unbranched alkanes of at least 4 members (excludes halogenated alkanes) is 1. The molecule has 5 nitrogen and oxygen atoms in total. The van der Waals surface area contributed by atoms with Crippen molar-refractivity contribution in [3.63, 3.8) is 0 Å². The van der Waals surface area contributed by atoms with Crippen molar-refractivity contribution in [2.24, 2.45) is 4.99 Å². The maximum Gasteiger partial charge on any atom is 0.159 e. The molecule has 0 radical (unpaired) electrons. The number of fused-ring (bicyclic) bond motifs is 1. The SMILES string of the molecule is C\C=C(/C=N/C=C/CCC)c1cc(-c2ncccn2)c2c(N)c(SC3CCC3)sc2n1. The maximum absolute atomic E-state index is 6.63. The van der Waals surface area contributed by atoms with Gasteiger partial charge in [0.2, 0.25) is 0 Å². The molecule has 1 aliphatic carbocycles. The molecular weight excluding hydrogens is 422 g/mol. The van der Waals surface area contributed by atoms with Gasteiger partial charge in [-0.1, -0.05) is 31.9 Å². The number of aromatic nitrogens is 3. The predicted octanol–water partition coefficient (Wildman–Crippen LogP) is 6.77. The Morgan fingerprint density at radius 1 is 1.32 bits per heavy atom. The number of thiophene rings is 1. The van der Waals surface area contributed by atoms with Crippen LogP contribution in [0.5, 0.6) is 0 Å². The highest BCUT2D eigenvalue weighted by Crippen LogP contribution is 2.48. The number of allylic oxidation sites excluding steroid dienone is 3. The first kappa shape index (κ1) is 21.7. The topological polar surface area (TPSA) is 77.0 Å². The van der Waals surface area contributed by atoms with Gasteiger partial charge in [0.1, 0.15) is 4.83 Å². The second-order valence-corrected chi connectivity index (χ2v) is 10.0. The van der Waals surface area contributed by atoms with Crippen molar-refractivity contribution in [2.45, 2.75) is 55.4 Å². The van der Waals surface area contributed by atoms with Crippen molar-refractivity contribution in [1.82, 2.24) is 15.0 Å². The largest absolute Gasteiger partial charge is 0.397 e. The van der Waals surface area contributed by atoms with Gasteiger partial charge in [-0.2, -0.15) is 0 Å². The molecule has 2 N–H and O–H groups in total. The van der Waals surface area contributed by atoms with Crippen molar-refractivity contribution >= 4 is 50.8 Å². The Morgan fingerprint density at radius 2 is 2.13 bits per heavy atom. The summed E-state index contributed by atoms with van der Waals surface area (Å²) in [5.74, 6) is 0.663. The minimum Gasteiger partial charge on any atom is -0.397 e. The van der Waals surface area contributed by atoms with Crippen LogP contribution in [0.3, 0.4) is 0 Å². The number of rotatable bonds is 8. The van der Waals surface area contributed by atoms with Gasteiger partial charge in [0, 0.05) is 46.6 Å². The Bertz CT molecular complexity index is 1130. The number of hydrogen-bond acceptors (Lipinski definition) is 7. The summed E-state index contributed by atoms with van der Waals surface area (Å²) in [5.41, 5.74) is 10.2. The molecule has 3 aromatic heterocycles. The van der Waals surface area contributed by atoms with E-state index in [4.69, 9.17) is 10.7 Å². The third-order valence-electron chi connectivity index (χ3n) is 5.26. The normalized spacial score (nSPS) is 15.4. The zero-order chi connectivity index (χ0) is 21.6. The van der Waals surface area contributed by atoms with E-state index < -0.39 is 0 Å². The Morgan fingerprint density at radius 3 is 2.81 bits per heavy atom. The zero-order valence-corrected chi connectivity index (χ0v) is 19.5. The van der Waals surface area contributed by atoms with Crippen molar-refractivity contribution in [3.8, 4) is 11.4 Å². The number of pyridine rings is 1. The summed E-state index contributed by atoms with van der Waals surface area (Å²) in [6.45, 7) is 4.16. The first-order valence-corrected chi connectivity index (χ1v) is 12.4. The first-order valence-electron chi connectivity index (χ1n) is 10.7. The quantitative estimate of drug-likeness (QED) is 0.384. The molecule has 0 unspecified atom stereocenters. The van der Waals surface area contributed by atoms with E-state index in [1.807, 2.05) is 49.3 Å². The number of aliphatic imine (C=N–C) groups is 1. The van der Waals surface area contributed by atoms with E-state index in [2.05, 4.69) is 28.0 Å². The highest BCUT2D eigenvalue weighted by Gasteiger charge is 2.24. The number of nitrogen functional groups attached to an aromatic ring is 1. The van der Waals surface area contributed by atoms with Crippen LogP contribution in [-0.4, -0.2) is 26.4 Å². The van der Waals surface area contributed by atoms with Gasteiger partial charge < -0.3 is 5.73 Å². The van der Waals surface area contributed by atoms with Crippen molar-refractivity contribution in [3.05, 3.63) is 48.6 Å². The molecule has 0 saturated heterocycles. The van der Waals surface area contributed by atoms with Crippen molar-refractivity contribution < 1.29 is 0 Å². The van der Waals surface area contributed by atoms with Gasteiger partial charge in [-0.25, -0.2) is 15.0 Å². The van der Waals surface area contributed by atoms with E-state index in [-0.39, 0.29) is 0 Å². The molecule has 31 heavy (non-hydrogen) atoms. The highest BCUT2D eigenvalue weighted by molar-refractivity contribution is 8.02. The summed E-state index contributed by atoms with van der Waals surface area (Å²) in [6, 6.07) is 3.86. The minimum absolute atomic E-state index is 0.663. The van der Waals surface area contributed by atoms with Crippen molar-refractivity contribution in [1.29, 1.82) is 0 Å². The molecule has 4 rings (SSSR count). The van der Waals surface area contributed by atoms with Gasteiger partial charge in [0.25, 0.3) is 0 Å². The number of anilines is 1. The Balaban J connectivity index is 1.79. The molecule has 3 aromatic rings. The standard InChI is InChI=1S/C24H27N5S2/c1-3-5-6-11-26-15-16(4-2)19-14-18(22-27-12-8-13-28-22)20-21(25)24(31-23(20)29-19)30-17-9-7-10-17/h4,6,8,11-15,17H,3,5,7,9-10,25H2,1-2H3/b11-6+,16-4+,26-15+. The Labute approximate surface area is 191 Å². The van der Waals surface area contributed by atoms with Crippen LogP contribution in [0.2, 0.25) is 0 Å². The van der Waals surface area contributed by atoms with Gasteiger partial charge in [-0.15, -0.1) is 23.1 Å². The van der Waals surface area contributed by atoms with Crippen LogP contribution in [0.4, 0.5) is 5.69 Å². The summed E-state index contributed by atoms with van der Waals surface area (Å²) >= 11 is 3.56. The molecule has 1 saturated carbocycles. The van der Waals surface area contributed by atoms with Gasteiger partial charge in [-0.3, -0.25) is 4.99 Å². The van der Waals surface area contributed by atoms with Crippen LogP contribution in [0.1, 0.15) is 51.6 Å². The van der Waals surface area contributed by atoms with Gasteiger partial charge in [-0.05, 0) is 38.3 Å². The van der Waals surface area contributed by atoms with Gasteiger partial charge in [0.15, 0.2) is 5.82 Å². The van der Waals surface area contributed by atoms with Crippen LogP contribution in [0.15, 0.2) is 52.1 Å². The van der Waals surface area contributed by atoms with Crippen molar-refractivity contribution in [2.75, 3.05) is 5.73 Å². The van der Waals surface area contributed by atoms with Crippen LogP contribution >= 0.6 is 23.1 Å². The molecule has 0 amide bonds. The summed E-state index contributed by atoms with van der Waals surface area (Å²) < 4.78 is 1.15. The lowest BCUT2D eigenvalue weighted by Gasteiger charge is -2.23. The number of thioether (sulfide) groups is 1. The summed E-state index contributed by atoms with van der Waals surface area (Å²) in [7, 11) is 0. The Kier molecular flexibility index (Phi) is 7.14. The fraction of sp³-hybridized carbons (Fsp3) is 0.333. The summed E-state index contributed by atoms with van der Waals surface area (Å²) in [4.78, 5) is 19.3. The summed E-state index contributed by atoms with van der Waals surface area (Å²) in [6.07, 6.45) is 17.3. The van der Waals surface area contributed by atoms with E-state index in [0.29, 0.717) is 11.1 Å². The molecule has 0 bridgehead atoms. The van der Waals surface area contributed by atoms with E-state index in [1.165, 1.54) is 19.3 Å². The zero-order valence-electron chi connectivity index (χ0n) is 17.9. The van der Waals surface area contributed by atoms with E-state index in [9.17, 15) is 0 Å². The molecule has 1 aliphatic rings. The Hall–Kier alpha value is -2.51. The molecular formula is C24H27N5S2. The number of hydrogen-bond donors (Lipinski definition) is 1. The highest BCUT2D eigenvalue weighted by atomic mass is 32.2. The third kappa shape index (κ3) is 4.88. The van der Waals surface area contributed by atoms with E-state index in [0.717, 1.165) is 49.8 Å². The van der Waals surface area contributed by atoms with Crippen LogP contribution in [0.25, 0.3) is 27.2 Å². The molecule has 0 aromatic carbocycles. The van der Waals surface area contributed by atoms with E-state index >= 15 is 0 Å². The fourth-order valence-electron chi connectivity index (χ4n) is 3.30. The first-order chi connectivity index (χ1) is 15.2. The predicted molar refractivity (Wildman–Crippen MR) is 135 cm³/mol. The van der Waals surface area contributed by atoms with Gasteiger partial charge >= 0.3 is 0 Å². The number of nitrogens with zero attached hydrogens (tertiary/aromatic N) is 4. The molecule has 0 aliphatic heterocycles.